The first-order valence-corrected chi connectivity index (χ1v) is 9.86. The number of aromatic nitrogens is 2. The van der Waals surface area contributed by atoms with Crippen LogP contribution in [0, 0.1) is 0 Å². The average Bonchev–Trinajstić information content (AvgIpc) is 3.12. The van der Waals surface area contributed by atoms with Crippen molar-refractivity contribution in [1.82, 2.24) is 19.8 Å². The molecule has 0 atom stereocenters. The maximum atomic E-state index is 12.2. The fourth-order valence-electron chi connectivity index (χ4n) is 3.94. The Morgan fingerprint density at radius 1 is 1.17 bits per heavy atom. The number of benzene rings is 1. The van der Waals surface area contributed by atoms with Gasteiger partial charge >= 0.3 is 6.09 Å². The van der Waals surface area contributed by atoms with Gasteiger partial charge in [-0.15, -0.1) is 0 Å². The van der Waals surface area contributed by atoms with Crippen molar-refractivity contribution in [1.29, 1.82) is 0 Å². The molecule has 150 valence electrons. The fraction of sp³-hybridized carbons (Fsp3) is 0.286. The van der Waals surface area contributed by atoms with Crippen molar-refractivity contribution >= 4 is 34.5 Å². The van der Waals surface area contributed by atoms with E-state index in [4.69, 9.17) is 16.7 Å². The summed E-state index contributed by atoms with van der Waals surface area (Å²) in [7, 11) is 0. The van der Waals surface area contributed by atoms with Gasteiger partial charge in [0, 0.05) is 41.6 Å². The SMILES string of the molecule is O=C(O)NCC(=O)N1CCC(c2cn(-c3ccc(Cl)cc3)c3cnccc23)CC1. The highest BCUT2D eigenvalue weighted by atomic mass is 35.5. The number of fused-ring (bicyclic) bond motifs is 1. The monoisotopic (exact) mass is 412 g/mol. The lowest BCUT2D eigenvalue weighted by Crippen LogP contribution is -2.43. The highest BCUT2D eigenvalue weighted by Crippen LogP contribution is 2.35. The lowest BCUT2D eigenvalue weighted by atomic mass is 9.89. The Morgan fingerprint density at radius 3 is 2.59 bits per heavy atom. The molecule has 8 heteroatoms. The number of nitrogens with zero attached hydrogens (tertiary/aromatic N) is 3. The molecule has 7 nitrogen and oxygen atoms in total. The molecule has 0 saturated carbocycles. The first-order valence-electron chi connectivity index (χ1n) is 9.48. The van der Waals surface area contributed by atoms with Crippen LogP contribution < -0.4 is 5.32 Å². The molecule has 0 bridgehead atoms. The van der Waals surface area contributed by atoms with Crippen LogP contribution >= 0.6 is 11.6 Å². The summed E-state index contributed by atoms with van der Waals surface area (Å²) in [5, 5.41) is 12.7. The lowest BCUT2D eigenvalue weighted by Gasteiger charge is -2.32. The number of carboxylic acid groups (broad SMARTS) is 1. The Balaban J connectivity index is 1.55. The third kappa shape index (κ3) is 4.05. The van der Waals surface area contributed by atoms with Gasteiger partial charge in [0.1, 0.15) is 6.54 Å². The summed E-state index contributed by atoms with van der Waals surface area (Å²) < 4.78 is 2.13. The molecule has 29 heavy (non-hydrogen) atoms. The van der Waals surface area contributed by atoms with Crippen LogP contribution in [0.5, 0.6) is 0 Å². The number of piperidine rings is 1. The van der Waals surface area contributed by atoms with Crippen molar-refractivity contribution in [2.45, 2.75) is 18.8 Å². The second-order valence-electron chi connectivity index (χ2n) is 7.14. The first kappa shape index (κ1) is 19.3. The lowest BCUT2D eigenvalue weighted by molar-refractivity contribution is -0.131. The van der Waals surface area contributed by atoms with E-state index < -0.39 is 6.09 Å². The highest BCUT2D eigenvalue weighted by Gasteiger charge is 2.26. The van der Waals surface area contributed by atoms with Gasteiger partial charge in [0.05, 0.1) is 11.7 Å². The van der Waals surface area contributed by atoms with Crippen LogP contribution in [0.25, 0.3) is 16.6 Å². The molecule has 3 aromatic rings. The Hall–Kier alpha value is -3.06. The van der Waals surface area contributed by atoms with E-state index in [0.717, 1.165) is 29.4 Å². The molecule has 4 rings (SSSR count). The predicted octanol–water partition coefficient (Wildman–Crippen LogP) is 3.65. The quantitative estimate of drug-likeness (QED) is 0.684. The molecular weight excluding hydrogens is 392 g/mol. The number of hydrogen-bond donors (Lipinski definition) is 2. The van der Waals surface area contributed by atoms with Gasteiger partial charge in [-0.1, -0.05) is 11.6 Å². The van der Waals surface area contributed by atoms with Gasteiger partial charge in [0.15, 0.2) is 0 Å². The van der Waals surface area contributed by atoms with Crippen molar-refractivity contribution in [3.63, 3.8) is 0 Å². The van der Waals surface area contributed by atoms with Gasteiger partial charge in [-0.2, -0.15) is 0 Å². The fourth-order valence-corrected chi connectivity index (χ4v) is 4.07. The van der Waals surface area contributed by atoms with E-state index >= 15 is 0 Å². The zero-order valence-electron chi connectivity index (χ0n) is 15.7. The largest absolute Gasteiger partial charge is 0.465 e. The zero-order valence-corrected chi connectivity index (χ0v) is 16.5. The Kier molecular flexibility index (Phi) is 5.40. The van der Waals surface area contributed by atoms with Crippen molar-refractivity contribution in [2.24, 2.45) is 0 Å². The molecule has 1 fully saturated rings. The second-order valence-corrected chi connectivity index (χ2v) is 7.57. The van der Waals surface area contributed by atoms with Crippen molar-refractivity contribution < 1.29 is 14.7 Å². The number of carbonyl (C=O) groups is 2. The number of pyridine rings is 1. The minimum absolute atomic E-state index is 0.179. The predicted molar refractivity (Wildman–Crippen MR) is 111 cm³/mol. The number of likely N-dealkylation sites (tertiary alicyclic amines) is 1. The molecular formula is C21H21ClN4O3. The molecule has 2 N–H and O–H groups in total. The minimum atomic E-state index is -1.18. The van der Waals surface area contributed by atoms with Gasteiger partial charge in [0.25, 0.3) is 0 Å². The third-order valence-corrected chi connectivity index (χ3v) is 5.67. The van der Waals surface area contributed by atoms with Gasteiger partial charge < -0.3 is 19.9 Å². The number of hydrogen-bond acceptors (Lipinski definition) is 3. The molecule has 0 unspecified atom stereocenters. The summed E-state index contributed by atoms with van der Waals surface area (Å²) in [6, 6.07) is 9.73. The third-order valence-electron chi connectivity index (χ3n) is 5.42. The van der Waals surface area contributed by atoms with Crippen LogP contribution in [-0.2, 0) is 4.79 Å². The van der Waals surface area contributed by atoms with Crippen LogP contribution in [-0.4, -0.2) is 51.2 Å². The molecule has 2 amide bonds. The summed E-state index contributed by atoms with van der Waals surface area (Å²) >= 11 is 6.03. The smallest absolute Gasteiger partial charge is 0.405 e. The Labute approximate surface area is 172 Å². The minimum Gasteiger partial charge on any atom is -0.465 e. The topological polar surface area (TPSA) is 87.5 Å². The molecule has 3 heterocycles. The van der Waals surface area contributed by atoms with Crippen LogP contribution in [0.2, 0.25) is 5.02 Å². The van der Waals surface area contributed by atoms with E-state index in [9.17, 15) is 9.59 Å². The van der Waals surface area contributed by atoms with E-state index in [2.05, 4.69) is 21.1 Å². The van der Waals surface area contributed by atoms with Gasteiger partial charge in [0.2, 0.25) is 5.91 Å². The van der Waals surface area contributed by atoms with Gasteiger partial charge in [-0.05, 0) is 54.7 Å². The maximum Gasteiger partial charge on any atom is 0.405 e. The Bertz CT molecular complexity index is 1040. The van der Waals surface area contributed by atoms with Crippen LogP contribution in [0.15, 0.2) is 48.9 Å². The summed E-state index contributed by atoms with van der Waals surface area (Å²) in [6.45, 7) is 1.05. The zero-order chi connectivity index (χ0) is 20.4. The average molecular weight is 413 g/mol. The number of halogens is 1. The summed E-state index contributed by atoms with van der Waals surface area (Å²) in [5.41, 5.74) is 3.30. The molecule has 0 radical (unpaired) electrons. The van der Waals surface area contributed by atoms with Crippen molar-refractivity contribution in [3.05, 3.63) is 59.5 Å². The van der Waals surface area contributed by atoms with Crippen LogP contribution in [0.4, 0.5) is 4.79 Å². The highest BCUT2D eigenvalue weighted by molar-refractivity contribution is 6.30. The number of nitrogens with one attached hydrogen (secondary N) is 1. The van der Waals surface area contributed by atoms with Crippen molar-refractivity contribution in [3.8, 4) is 5.69 Å². The summed E-state index contributed by atoms with van der Waals surface area (Å²) in [4.78, 5) is 28.8. The first-order chi connectivity index (χ1) is 14.0. The molecule has 1 aliphatic heterocycles. The normalized spacial score (nSPS) is 14.9. The van der Waals surface area contributed by atoms with Gasteiger partial charge in [-0.25, -0.2) is 4.79 Å². The molecule has 1 aromatic carbocycles. The van der Waals surface area contributed by atoms with E-state index in [1.165, 1.54) is 5.56 Å². The molecule has 1 saturated heterocycles. The second kappa shape index (κ2) is 8.13. The van der Waals surface area contributed by atoms with E-state index in [0.29, 0.717) is 24.0 Å². The summed E-state index contributed by atoms with van der Waals surface area (Å²) in [6.07, 6.45) is 6.31. The number of amides is 2. The number of carbonyl (C=O) groups excluding carboxylic acids is 1. The molecule has 0 spiro atoms. The standard InChI is InChI=1S/C21H21ClN4O3/c22-15-1-3-16(4-2-15)26-13-18(17-5-8-23-11-19(17)26)14-6-9-25(10-7-14)20(27)12-24-21(28)29/h1-5,8,11,13-14,24H,6-7,9-10,12H2,(H,28,29). The van der Waals surface area contributed by atoms with E-state index in [-0.39, 0.29) is 12.5 Å². The molecule has 0 aliphatic carbocycles. The number of rotatable bonds is 4. The summed E-state index contributed by atoms with van der Waals surface area (Å²) in [5.74, 6) is 0.142. The van der Waals surface area contributed by atoms with E-state index in [1.54, 1.807) is 11.1 Å². The van der Waals surface area contributed by atoms with E-state index in [1.807, 2.05) is 36.5 Å². The van der Waals surface area contributed by atoms with Crippen LogP contribution in [0.3, 0.4) is 0 Å². The van der Waals surface area contributed by atoms with Gasteiger partial charge in [-0.3, -0.25) is 9.78 Å². The Morgan fingerprint density at radius 2 is 1.90 bits per heavy atom. The maximum absolute atomic E-state index is 12.2. The van der Waals surface area contributed by atoms with Crippen LogP contribution in [0.1, 0.15) is 24.3 Å². The molecule has 2 aromatic heterocycles. The molecule has 1 aliphatic rings. The van der Waals surface area contributed by atoms with Crippen molar-refractivity contribution in [2.75, 3.05) is 19.6 Å².